The average Bonchev–Trinajstić information content (AvgIpc) is 3.19. The first-order chi connectivity index (χ1) is 8.79. The largest absolute Gasteiger partial charge is 0.385 e. The van der Waals surface area contributed by atoms with Gasteiger partial charge in [0.15, 0.2) is 0 Å². The average molecular weight is 250 g/mol. The van der Waals surface area contributed by atoms with E-state index in [1.807, 2.05) is 0 Å². The van der Waals surface area contributed by atoms with Crippen molar-refractivity contribution in [2.24, 2.45) is 0 Å². The minimum absolute atomic E-state index is 0.198. The lowest BCUT2D eigenvalue weighted by molar-refractivity contribution is 0.0943. The zero-order chi connectivity index (χ0) is 12.8. The number of hydrogen-bond donors (Lipinski definition) is 2. The van der Waals surface area contributed by atoms with Crippen molar-refractivity contribution < 1.29 is 9.53 Å². The van der Waals surface area contributed by atoms with Crippen molar-refractivity contribution >= 4 is 11.7 Å². The third-order valence-electron chi connectivity index (χ3n) is 2.62. The van der Waals surface area contributed by atoms with Gasteiger partial charge in [0.1, 0.15) is 11.5 Å². The first kappa shape index (κ1) is 12.8. The number of carbonyl (C=O) groups excluding carboxylic acids is 1. The van der Waals surface area contributed by atoms with E-state index in [9.17, 15) is 4.79 Å². The number of aromatic nitrogens is 2. The van der Waals surface area contributed by atoms with Gasteiger partial charge in [-0.25, -0.2) is 9.97 Å². The Hall–Kier alpha value is -1.69. The minimum atomic E-state index is -0.198. The summed E-state index contributed by atoms with van der Waals surface area (Å²) in [6.07, 6.45) is 6.25. The Morgan fingerprint density at radius 2 is 2.28 bits per heavy atom. The number of amides is 1. The molecule has 6 nitrogen and oxygen atoms in total. The van der Waals surface area contributed by atoms with Crippen molar-refractivity contribution in [1.29, 1.82) is 0 Å². The van der Waals surface area contributed by atoms with E-state index in [0.29, 0.717) is 24.9 Å². The maximum absolute atomic E-state index is 11.7. The van der Waals surface area contributed by atoms with Crippen LogP contribution < -0.4 is 10.6 Å². The molecule has 0 spiro atoms. The van der Waals surface area contributed by atoms with Crippen molar-refractivity contribution in [3.05, 3.63) is 18.1 Å². The van der Waals surface area contributed by atoms with E-state index >= 15 is 0 Å². The number of rotatable bonds is 7. The van der Waals surface area contributed by atoms with E-state index < -0.39 is 0 Å². The molecule has 2 rings (SSSR count). The maximum Gasteiger partial charge on any atom is 0.271 e. The van der Waals surface area contributed by atoms with Gasteiger partial charge in [0.25, 0.3) is 5.91 Å². The van der Waals surface area contributed by atoms with Gasteiger partial charge in [0.2, 0.25) is 0 Å². The van der Waals surface area contributed by atoms with Crippen LogP contribution in [-0.2, 0) is 4.74 Å². The molecular weight excluding hydrogens is 232 g/mol. The summed E-state index contributed by atoms with van der Waals surface area (Å²) in [4.78, 5) is 19.9. The molecule has 1 aromatic rings. The fraction of sp³-hybridized carbons (Fsp3) is 0.583. The predicted molar refractivity (Wildman–Crippen MR) is 67.5 cm³/mol. The van der Waals surface area contributed by atoms with E-state index in [-0.39, 0.29) is 5.91 Å². The predicted octanol–water partition coefficient (Wildman–Crippen LogP) is 0.817. The summed E-state index contributed by atoms with van der Waals surface area (Å²) in [7, 11) is 1.64. The van der Waals surface area contributed by atoms with Crippen molar-refractivity contribution in [1.82, 2.24) is 15.3 Å². The molecule has 98 valence electrons. The Labute approximate surface area is 106 Å². The first-order valence-electron chi connectivity index (χ1n) is 6.15. The van der Waals surface area contributed by atoms with Gasteiger partial charge in [0, 0.05) is 26.3 Å². The highest BCUT2D eigenvalue weighted by Gasteiger charge is 2.21. The summed E-state index contributed by atoms with van der Waals surface area (Å²) in [6.45, 7) is 1.21. The smallest absolute Gasteiger partial charge is 0.271 e. The lowest BCUT2D eigenvalue weighted by Gasteiger charge is -2.05. The van der Waals surface area contributed by atoms with Crippen LogP contribution in [0, 0.1) is 0 Å². The van der Waals surface area contributed by atoms with E-state index in [2.05, 4.69) is 20.6 Å². The Bertz CT molecular complexity index is 390. The zero-order valence-corrected chi connectivity index (χ0v) is 10.5. The van der Waals surface area contributed by atoms with Crippen LogP contribution in [0.3, 0.4) is 0 Å². The monoisotopic (exact) mass is 250 g/mol. The third-order valence-corrected chi connectivity index (χ3v) is 2.62. The highest BCUT2D eigenvalue weighted by atomic mass is 16.5. The molecule has 6 heteroatoms. The molecule has 0 radical (unpaired) electrons. The highest BCUT2D eigenvalue weighted by Crippen LogP contribution is 2.22. The molecule has 0 aromatic carbocycles. The van der Waals surface area contributed by atoms with Crippen LogP contribution in [0.2, 0.25) is 0 Å². The maximum atomic E-state index is 11.7. The fourth-order valence-corrected chi connectivity index (χ4v) is 1.47. The molecule has 1 saturated carbocycles. The lowest BCUT2D eigenvalue weighted by atomic mass is 10.4. The van der Waals surface area contributed by atoms with Crippen molar-refractivity contribution in [2.45, 2.75) is 25.3 Å². The van der Waals surface area contributed by atoms with Gasteiger partial charge >= 0.3 is 0 Å². The molecule has 0 aliphatic heterocycles. The lowest BCUT2D eigenvalue weighted by Crippen LogP contribution is -2.26. The van der Waals surface area contributed by atoms with Gasteiger partial charge < -0.3 is 15.4 Å². The van der Waals surface area contributed by atoms with E-state index in [4.69, 9.17) is 4.74 Å². The summed E-state index contributed by atoms with van der Waals surface area (Å²) in [5.74, 6) is 0.532. The molecule has 1 aliphatic carbocycles. The number of ether oxygens (including phenoxy) is 1. The van der Waals surface area contributed by atoms with Crippen LogP contribution in [0.15, 0.2) is 12.4 Å². The summed E-state index contributed by atoms with van der Waals surface area (Å²) < 4.78 is 4.90. The normalized spacial score (nSPS) is 14.3. The topological polar surface area (TPSA) is 76.1 Å². The summed E-state index contributed by atoms with van der Waals surface area (Å²) >= 11 is 0. The standard InChI is InChI=1S/C12H18N4O2/c1-18-6-2-5-13-12(17)10-7-15-11(8-14-10)16-9-3-4-9/h7-9H,2-6H2,1H3,(H,13,17)(H,15,16). The second-order valence-electron chi connectivity index (χ2n) is 4.31. The van der Waals surface area contributed by atoms with Crippen LogP contribution in [0.5, 0.6) is 0 Å². The molecule has 1 aliphatic rings. The van der Waals surface area contributed by atoms with Crippen LogP contribution in [0.25, 0.3) is 0 Å². The molecule has 1 amide bonds. The van der Waals surface area contributed by atoms with Gasteiger partial charge in [-0.2, -0.15) is 0 Å². The van der Waals surface area contributed by atoms with Crippen LogP contribution in [0.1, 0.15) is 29.8 Å². The number of nitrogens with zero attached hydrogens (tertiary/aromatic N) is 2. The van der Waals surface area contributed by atoms with Gasteiger partial charge in [-0.05, 0) is 19.3 Å². The van der Waals surface area contributed by atoms with Gasteiger partial charge in [-0.3, -0.25) is 4.79 Å². The van der Waals surface area contributed by atoms with E-state index in [1.54, 1.807) is 13.3 Å². The summed E-state index contributed by atoms with van der Waals surface area (Å²) in [5.41, 5.74) is 0.341. The van der Waals surface area contributed by atoms with Crippen molar-refractivity contribution in [2.75, 3.05) is 25.6 Å². The number of carbonyl (C=O) groups is 1. The molecule has 1 heterocycles. The zero-order valence-electron chi connectivity index (χ0n) is 10.5. The van der Waals surface area contributed by atoms with E-state index in [0.717, 1.165) is 12.2 Å². The quantitative estimate of drug-likeness (QED) is 0.701. The molecule has 1 aromatic heterocycles. The van der Waals surface area contributed by atoms with Gasteiger partial charge in [0.05, 0.1) is 12.4 Å². The third kappa shape index (κ3) is 3.96. The fourth-order valence-electron chi connectivity index (χ4n) is 1.47. The second-order valence-corrected chi connectivity index (χ2v) is 4.31. The Morgan fingerprint density at radius 1 is 1.44 bits per heavy atom. The SMILES string of the molecule is COCCCNC(=O)c1cnc(NC2CC2)cn1. The van der Waals surface area contributed by atoms with Crippen molar-refractivity contribution in [3.8, 4) is 0 Å². The Morgan fingerprint density at radius 3 is 2.89 bits per heavy atom. The van der Waals surface area contributed by atoms with Crippen LogP contribution >= 0.6 is 0 Å². The molecule has 18 heavy (non-hydrogen) atoms. The number of hydrogen-bond acceptors (Lipinski definition) is 5. The molecule has 2 N–H and O–H groups in total. The van der Waals surface area contributed by atoms with Gasteiger partial charge in [-0.15, -0.1) is 0 Å². The molecule has 1 fully saturated rings. The minimum Gasteiger partial charge on any atom is -0.385 e. The molecule has 0 unspecified atom stereocenters. The van der Waals surface area contributed by atoms with Crippen LogP contribution in [-0.4, -0.2) is 42.2 Å². The van der Waals surface area contributed by atoms with E-state index in [1.165, 1.54) is 19.0 Å². The first-order valence-corrected chi connectivity index (χ1v) is 6.15. The number of nitrogens with one attached hydrogen (secondary N) is 2. The highest BCUT2D eigenvalue weighted by molar-refractivity contribution is 5.91. The summed E-state index contributed by atoms with van der Waals surface area (Å²) in [5, 5.41) is 5.98. The second kappa shape index (κ2) is 6.30. The Balaban J connectivity index is 1.78. The van der Waals surface area contributed by atoms with Crippen LogP contribution in [0.4, 0.5) is 5.82 Å². The summed E-state index contributed by atoms with van der Waals surface area (Å²) in [6, 6.07) is 0.535. The Kier molecular flexibility index (Phi) is 4.46. The molecular formula is C12H18N4O2. The molecule has 0 bridgehead atoms. The molecule has 0 saturated heterocycles. The van der Waals surface area contributed by atoms with Gasteiger partial charge in [-0.1, -0.05) is 0 Å². The molecule has 0 atom stereocenters. The number of anilines is 1. The van der Waals surface area contributed by atoms with Crippen molar-refractivity contribution in [3.63, 3.8) is 0 Å². The number of methoxy groups -OCH3 is 1.